The molecule has 0 spiro atoms. The van der Waals surface area contributed by atoms with Crippen molar-refractivity contribution in [3.05, 3.63) is 113 Å². The highest BCUT2D eigenvalue weighted by Crippen LogP contribution is 2.30. The molecule has 0 aliphatic carbocycles. The average Bonchev–Trinajstić information content (AvgIpc) is 3.11. The van der Waals surface area contributed by atoms with Gasteiger partial charge in [0.15, 0.2) is 0 Å². The van der Waals surface area contributed by atoms with Gasteiger partial charge in [-0.2, -0.15) is 0 Å². The highest BCUT2D eigenvalue weighted by atomic mass is 16.6. The molecule has 0 aliphatic heterocycles. The van der Waals surface area contributed by atoms with Gasteiger partial charge in [-0.3, -0.25) is 0 Å². The van der Waals surface area contributed by atoms with Crippen molar-refractivity contribution in [2.24, 2.45) is 5.16 Å². The minimum Gasteiger partial charge on any atom is -0.391 e. The van der Waals surface area contributed by atoms with E-state index in [4.69, 9.17) is 4.84 Å². The molecule has 3 nitrogen and oxygen atoms in total. The van der Waals surface area contributed by atoms with Crippen LogP contribution in [0, 0.1) is 20.8 Å². The van der Waals surface area contributed by atoms with Gasteiger partial charge in [-0.15, -0.1) is 0 Å². The SMILES string of the molecule is C/C(=N\OCc1cccc(C)c1)c1cc(-c2ccccc2)n(-c2cccc(C)c2)c1C. The van der Waals surface area contributed by atoms with Gasteiger partial charge in [0.25, 0.3) is 0 Å². The molecular weight excluding hydrogens is 380 g/mol. The molecular formula is C28H28N2O. The number of rotatable bonds is 6. The van der Waals surface area contributed by atoms with E-state index in [1.165, 1.54) is 16.7 Å². The number of nitrogens with zero attached hydrogens (tertiary/aromatic N) is 2. The fourth-order valence-electron chi connectivity index (χ4n) is 3.95. The van der Waals surface area contributed by atoms with Crippen LogP contribution in [0.2, 0.25) is 0 Å². The van der Waals surface area contributed by atoms with Gasteiger partial charge in [-0.1, -0.05) is 77.4 Å². The summed E-state index contributed by atoms with van der Waals surface area (Å²) in [6.07, 6.45) is 0. The zero-order valence-corrected chi connectivity index (χ0v) is 18.6. The van der Waals surface area contributed by atoms with Crippen molar-refractivity contribution >= 4 is 5.71 Å². The Hall–Kier alpha value is -3.59. The second-order valence-corrected chi connectivity index (χ2v) is 8.01. The zero-order valence-electron chi connectivity index (χ0n) is 18.6. The van der Waals surface area contributed by atoms with Crippen LogP contribution in [0.4, 0.5) is 0 Å². The Morgan fingerprint density at radius 1 is 0.806 bits per heavy atom. The molecule has 3 aromatic carbocycles. The van der Waals surface area contributed by atoms with Gasteiger partial charge in [0.05, 0.1) is 11.4 Å². The number of hydrogen-bond acceptors (Lipinski definition) is 2. The number of oxime groups is 1. The average molecular weight is 409 g/mol. The third-order valence-electron chi connectivity index (χ3n) is 5.48. The van der Waals surface area contributed by atoms with E-state index < -0.39 is 0 Å². The highest BCUT2D eigenvalue weighted by molar-refractivity contribution is 6.01. The molecule has 0 amide bonds. The van der Waals surface area contributed by atoms with Crippen LogP contribution in [-0.2, 0) is 11.4 Å². The number of hydrogen-bond donors (Lipinski definition) is 0. The summed E-state index contributed by atoms with van der Waals surface area (Å²) in [5.41, 5.74) is 10.1. The van der Waals surface area contributed by atoms with E-state index in [0.29, 0.717) is 6.61 Å². The molecule has 4 rings (SSSR count). The van der Waals surface area contributed by atoms with Gasteiger partial charge in [0, 0.05) is 16.9 Å². The molecule has 0 unspecified atom stereocenters. The molecule has 0 radical (unpaired) electrons. The molecule has 0 bridgehead atoms. The van der Waals surface area contributed by atoms with E-state index in [9.17, 15) is 0 Å². The Morgan fingerprint density at radius 2 is 1.52 bits per heavy atom. The van der Waals surface area contributed by atoms with E-state index in [0.717, 1.165) is 33.9 Å². The maximum absolute atomic E-state index is 5.70. The Bertz CT molecular complexity index is 1220. The molecule has 0 aliphatic rings. The van der Waals surface area contributed by atoms with Crippen LogP contribution in [0.5, 0.6) is 0 Å². The van der Waals surface area contributed by atoms with Crippen LogP contribution in [0.25, 0.3) is 16.9 Å². The van der Waals surface area contributed by atoms with Crippen molar-refractivity contribution in [3.63, 3.8) is 0 Å². The molecule has 0 N–H and O–H groups in total. The second-order valence-electron chi connectivity index (χ2n) is 8.01. The Morgan fingerprint density at radius 3 is 2.23 bits per heavy atom. The van der Waals surface area contributed by atoms with Gasteiger partial charge in [-0.25, -0.2) is 0 Å². The lowest BCUT2D eigenvalue weighted by molar-refractivity contribution is 0.130. The molecule has 0 saturated carbocycles. The molecule has 0 fully saturated rings. The first-order chi connectivity index (χ1) is 15.0. The first-order valence-electron chi connectivity index (χ1n) is 10.6. The summed E-state index contributed by atoms with van der Waals surface area (Å²) in [5, 5.41) is 4.44. The zero-order chi connectivity index (χ0) is 21.8. The van der Waals surface area contributed by atoms with Gasteiger partial charge in [0.1, 0.15) is 6.61 Å². The summed E-state index contributed by atoms with van der Waals surface area (Å²) in [4.78, 5) is 5.70. The molecule has 0 atom stereocenters. The molecule has 4 aromatic rings. The Kier molecular flexibility index (Phi) is 6.03. The van der Waals surface area contributed by atoms with Crippen LogP contribution < -0.4 is 0 Å². The van der Waals surface area contributed by atoms with Crippen LogP contribution in [-0.4, -0.2) is 10.3 Å². The number of aryl methyl sites for hydroxylation is 2. The van der Waals surface area contributed by atoms with Crippen molar-refractivity contribution in [1.29, 1.82) is 0 Å². The van der Waals surface area contributed by atoms with E-state index >= 15 is 0 Å². The third kappa shape index (κ3) is 4.61. The lowest BCUT2D eigenvalue weighted by atomic mass is 10.1. The van der Waals surface area contributed by atoms with Crippen molar-refractivity contribution in [1.82, 2.24) is 4.57 Å². The van der Waals surface area contributed by atoms with Gasteiger partial charge >= 0.3 is 0 Å². The fourth-order valence-corrected chi connectivity index (χ4v) is 3.95. The minimum atomic E-state index is 0.461. The number of benzene rings is 3. The fraction of sp³-hybridized carbons (Fsp3) is 0.179. The van der Waals surface area contributed by atoms with Gasteiger partial charge in [0.2, 0.25) is 0 Å². The predicted octanol–water partition coefficient (Wildman–Crippen LogP) is 7.01. The summed E-state index contributed by atoms with van der Waals surface area (Å²) >= 11 is 0. The summed E-state index contributed by atoms with van der Waals surface area (Å²) in [6, 6.07) is 29.6. The van der Waals surface area contributed by atoms with Crippen molar-refractivity contribution in [2.75, 3.05) is 0 Å². The first kappa shape index (κ1) is 20.7. The monoisotopic (exact) mass is 408 g/mol. The summed E-state index contributed by atoms with van der Waals surface area (Å²) in [6.45, 7) is 8.82. The molecule has 3 heteroatoms. The molecule has 0 saturated heterocycles. The molecule has 1 heterocycles. The maximum Gasteiger partial charge on any atom is 0.142 e. The van der Waals surface area contributed by atoms with E-state index in [2.05, 4.69) is 103 Å². The third-order valence-corrected chi connectivity index (χ3v) is 5.48. The summed E-state index contributed by atoms with van der Waals surface area (Å²) in [7, 11) is 0. The quantitative estimate of drug-likeness (QED) is 0.249. The van der Waals surface area contributed by atoms with Crippen LogP contribution in [0.3, 0.4) is 0 Å². The van der Waals surface area contributed by atoms with Crippen LogP contribution >= 0.6 is 0 Å². The minimum absolute atomic E-state index is 0.461. The van der Waals surface area contributed by atoms with E-state index in [-0.39, 0.29) is 0 Å². The van der Waals surface area contributed by atoms with Gasteiger partial charge in [-0.05, 0) is 62.6 Å². The van der Waals surface area contributed by atoms with Crippen molar-refractivity contribution in [3.8, 4) is 16.9 Å². The summed E-state index contributed by atoms with van der Waals surface area (Å²) < 4.78 is 2.30. The number of aromatic nitrogens is 1. The molecule has 1 aromatic heterocycles. The normalized spacial score (nSPS) is 11.5. The maximum atomic E-state index is 5.70. The second kappa shape index (κ2) is 9.05. The topological polar surface area (TPSA) is 26.5 Å². The standard InChI is InChI=1S/C28H28N2O/c1-20-10-8-12-24(16-20)19-31-29-22(3)27-18-28(25-13-6-5-7-14-25)30(23(27)4)26-15-9-11-21(2)17-26/h5-18H,19H2,1-4H3/b29-22+. The lowest BCUT2D eigenvalue weighted by Gasteiger charge is -2.13. The Labute approximate surface area is 184 Å². The van der Waals surface area contributed by atoms with Crippen LogP contribution in [0.1, 0.15) is 34.9 Å². The van der Waals surface area contributed by atoms with E-state index in [1.54, 1.807) is 0 Å². The van der Waals surface area contributed by atoms with Crippen LogP contribution in [0.15, 0.2) is 90.1 Å². The lowest BCUT2D eigenvalue weighted by Crippen LogP contribution is -2.03. The predicted molar refractivity (Wildman–Crippen MR) is 129 cm³/mol. The first-order valence-corrected chi connectivity index (χ1v) is 10.6. The highest BCUT2D eigenvalue weighted by Gasteiger charge is 2.17. The molecule has 31 heavy (non-hydrogen) atoms. The smallest absolute Gasteiger partial charge is 0.142 e. The van der Waals surface area contributed by atoms with Crippen molar-refractivity contribution in [2.45, 2.75) is 34.3 Å². The van der Waals surface area contributed by atoms with E-state index in [1.807, 2.05) is 19.1 Å². The summed E-state index contributed by atoms with van der Waals surface area (Å²) in [5.74, 6) is 0. The largest absolute Gasteiger partial charge is 0.391 e. The van der Waals surface area contributed by atoms with Gasteiger partial charge < -0.3 is 9.40 Å². The van der Waals surface area contributed by atoms with Crippen molar-refractivity contribution < 1.29 is 4.84 Å². The molecule has 156 valence electrons. The Balaban J connectivity index is 1.71.